The number of fused-ring (bicyclic) bond motifs is 1. The van der Waals surface area contributed by atoms with Gasteiger partial charge in [0.05, 0.1) is 5.41 Å². The van der Waals surface area contributed by atoms with Gasteiger partial charge in [0.15, 0.2) is 0 Å². The zero-order chi connectivity index (χ0) is 15.9. The Morgan fingerprint density at radius 1 is 1.36 bits per heavy atom. The predicted molar refractivity (Wildman–Crippen MR) is 81.6 cm³/mol. The van der Waals surface area contributed by atoms with Crippen LogP contribution in [0.5, 0.6) is 0 Å². The minimum absolute atomic E-state index is 0.255. The molecular formula is C17H22N2O3. The van der Waals surface area contributed by atoms with Crippen LogP contribution in [0.1, 0.15) is 41.8 Å². The minimum atomic E-state index is -0.511. The summed E-state index contributed by atoms with van der Waals surface area (Å²) in [5.41, 5.74) is 3.98. The number of nitrogens with one attached hydrogen (secondary N) is 1. The van der Waals surface area contributed by atoms with Crippen molar-refractivity contribution in [2.45, 2.75) is 33.1 Å². The molecule has 0 unspecified atom stereocenters. The molecule has 1 aromatic rings. The second kappa shape index (κ2) is 5.39. The average Bonchev–Trinajstić information content (AvgIpc) is 3.00. The van der Waals surface area contributed by atoms with E-state index in [1.165, 1.54) is 0 Å². The number of hydroxylamine groups is 1. The van der Waals surface area contributed by atoms with Gasteiger partial charge in [-0.05, 0) is 48.4 Å². The maximum absolute atomic E-state index is 12.8. The van der Waals surface area contributed by atoms with Gasteiger partial charge in [0.25, 0.3) is 5.91 Å². The van der Waals surface area contributed by atoms with Crippen LogP contribution in [0.15, 0.2) is 18.2 Å². The van der Waals surface area contributed by atoms with Gasteiger partial charge in [-0.25, -0.2) is 5.48 Å². The van der Waals surface area contributed by atoms with Gasteiger partial charge in [0.1, 0.15) is 0 Å². The average molecular weight is 302 g/mol. The Morgan fingerprint density at radius 3 is 2.77 bits per heavy atom. The molecule has 118 valence electrons. The van der Waals surface area contributed by atoms with Crippen LogP contribution in [0.3, 0.4) is 0 Å². The molecule has 1 aromatic carbocycles. The molecule has 1 aliphatic heterocycles. The van der Waals surface area contributed by atoms with Crippen molar-refractivity contribution in [2.24, 2.45) is 11.3 Å². The molecule has 0 aromatic heterocycles. The van der Waals surface area contributed by atoms with Crippen LogP contribution in [0.4, 0.5) is 0 Å². The molecule has 5 heteroatoms. The molecule has 22 heavy (non-hydrogen) atoms. The molecule has 3 rings (SSSR count). The topological polar surface area (TPSA) is 69.6 Å². The lowest BCUT2D eigenvalue weighted by Gasteiger charge is -2.23. The Bertz CT molecular complexity index is 626. The third kappa shape index (κ3) is 2.39. The van der Waals surface area contributed by atoms with Crippen molar-refractivity contribution in [3.05, 3.63) is 34.9 Å². The fraction of sp³-hybridized carbons (Fsp3) is 0.529. The standard InChI is InChI=1S/C17H22N2O3/c1-11(2)10-19-6-5-17(16(19)21)8-13-4-3-12(15(20)18-22)7-14(13)9-17/h3-4,7,11,22H,5-6,8-10H2,1-2H3,(H,18,20)/t17-/m1/s1. The molecule has 1 heterocycles. The summed E-state index contributed by atoms with van der Waals surface area (Å²) in [6.45, 7) is 5.90. The van der Waals surface area contributed by atoms with Crippen LogP contribution in [0.25, 0.3) is 0 Å². The molecule has 2 aliphatic rings. The first-order valence-electron chi connectivity index (χ1n) is 7.81. The summed E-state index contributed by atoms with van der Waals surface area (Å²) in [5, 5.41) is 8.74. The highest BCUT2D eigenvalue weighted by Gasteiger charge is 2.49. The molecule has 0 radical (unpaired) electrons. The molecular weight excluding hydrogens is 280 g/mol. The Balaban J connectivity index is 1.82. The van der Waals surface area contributed by atoms with E-state index in [9.17, 15) is 9.59 Å². The molecule has 5 nitrogen and oxygen atoms in total. The summed E-state index contributed by atoms with van der Waals surface area (Å²) in [6, 6.07) is 5.41. The van der Waals surface area contributed by atoms with Crippen LogP contribution in [0, 0.1) is 11.3 Å². The maximum Gasteiger partial charge on any atom is 0.274 e. The van der Waals surface area contributed by atoms with E-state index < -0.39 is 5.91 Å². The second-order valence-electron chi connectivity index (χ2n) is 6.95. The Kier molecular flexibility index (Phi) is 3.68. The van der Waals surface area contributed by atoms with Crippen LogP contribution in [-0.4, -0.2) is 35.0 Å². The van der Waals surface area contributed by atoms with Gasteiger partial charge in [0, 0.05) is 18.7 Å². The predicted octanol–water partition coefficient (Wildman–Crippen LogP) is 1.78. The van der Waals surface area contributed by atoms with Crippen molar-refractivity contribution in [2.75, 3.05) is 13.1 Å². The molecule has 2 N–H and O–H groups in total. The summed E-state index contributed by atoms with van der Waals surface area (Å²) in [7, 11) is 0. The van der Waals surface area contributed by atoms with Gasteiger partial charge in [0.2, 0.25) is 5.91 Å². The Hall–Kier alpha value is -1.88. The van der Waals surface area contributed by atoms with Crippen LogP contribution in [-0.2, 0) is 17.6 Å². The van der Waals surface area contributed by atoms with Crippen molar-refractivity contribution in [3.63, 3.8) is 0 Å². The van der Waals surface area contributed by atoms with Crippen molar-refractivity contribution >= 4 is 11.8 Å². The van der Waals surface area contributed by atoms with E-state index in [4.69, 9.17) is 5.21 Å². The number of carbonyl (C=O) groups excluding carboxylic acids is 2. The maximum atomic E-state index is 12.8. The summed E-state index contributed by atoms with van der Waals surface area (Å²) in [4.78, 5) is 26.3. The van der Waals surface area contributed by atoms with E-state index in [0.717, 1.165) is 37.1 Å². The van der Waals surface area contributed by atoms with Crippen molar-refractivity contribution in [3.8, 4) is 0 Å². The quantitative estimate of drug-likeness (QED) is 0.660. The molecule has 0 bridgehead atoms. The molecule has 1 atom stereocenters. The van der Waals surface area contributed by atoms with Gasteiger partial charge in [-0.15, -0.1) is 0 Å². The zero-order valence-electron chi connectivity index (χ0n) is 13.1. The van der Waals surface area contributed by atoms with Gasteiger partial charge in [-0.1, -0.05) is 19.9 Å². The Morgan fingerprint density at radius 2 is 2.09 bits per heavy atom. The summed E-state index contributed by atoms with van der Waals surface area (Å²) >= 11 is 0. The number of rotatable bonds is 3. The molecule has 0 saturated carbocycles. The van der Waals surface area contributed by atoms with E-state index in [1.54, 1.807) is 17.6 Å². The second-order valence-corrected chi connectivity index (χ2v) is 6.95. The van der Waals surface area contributed by atoms with Crippen molar-refractivity contribution < 1.29 is 14.8 Å². The number of hydrogen-bond donors (Lipinski definition) is 2. The summed E-state index contributed by atoms with van der Waals surface area (Å²) < 4.78 is 0. The van der Waals surface area contributed by atoms with Gasteiger partial charge >= 0.3 is 0 Å². The van der Waals surface area contributed by atoms with Crippen LogP contribution in [0.2, 0.25) is 0 Å². The number of hydrogen-bond acceptors (Lipinski definition) is 3. The van der Waals surface area contributed by atoms with Crippen molar-refractivity contribution in [1.29, 1.82) is 0 Å². The van der Waals surface area contributed by atoms with Crippen LogP contribution < -0.4 is 5.48 Å². The molecule has 1 fully saturated rings. The van der Waals surface area contributed by atoms with Gasteiger partial charge in [-0.2, -0.15) is 0 Å². The highest BCUT2D eigenvalue weighted by Crippen LogP contribution is 2.45. The number of amides is 2. The highest BCUT2D eigenvalue weighted by molar-refractivity contribution is 5.94. The lowest BCUT2D eigenvalue weighted by Crippen LogP contribution is -2.37. The molecule has 2 amide bonds. The molecule has 1 saturated heterocycles. The first-order valence-corrected chi connectivity index (χ1v) is 7.81. The number of likely N-dealkylation sites (tertiary alicyclic amines) is 1. The van der Waals surface area contributed by atoms with Gasteiger partial charge in [-0.3, -0.25) is 14.8 Å². The SMILES string of the molecule is CC(C)CN1CC[C@]2(Cc3ccc(C(=O)NO)cc3C2)C1=O. The fourth-order valence-electron chi connectivity index (χ4n) is 3.80. The van der Waals surface area contributed by atoms with E-state index >= 15 is 0 Å². The lowest BCUT2D eigenvalue weighted by molar-refractivity contribution is -0.136. The van der Waals surface area contributed by atoms with E-state index in [0.29, 0.717) is 17.9 Å². The molecule has 1 spiro atoms. The van der Waals surface area contributed by atoms with E-state index in [-0.39, 0.29) is 11.3 Å². The third-order valence-corrected chi connectivity index (χ3v) is 4.81. The first kappa shape index (κ1) is 15.0. The van der Waals surface area contributed by atoms with Crippen LogP contribution >= 0.6 is 0 Å². The zero-order valence-corrected chi connectivity index (χ0v) is 13.1. The summed E-state index contributed by atoms with van der Waals surface area (Å²) in [6.07, 6.45) is 2.34. The lowest BCUT2D eigenvalue weighted by atomic mass is 9.83. The minimum Gasteiger partial charge on any atom is -0.342 e. The summed E-state index contributed by atoms with van der Waals surface area (Å²) in [5.74, 6) is 0.219. The van der Waals surface area contributed by atoms with E-state index in [2.05, 4.69) is 13.8 Å². The highest BCUT2D eigenvalue weighted by atomic mass is 16.5. The smallest absolute Gasteiger partial charge is 0.274 e. The monoisotopic (exact) mass is 302 g/mol. The first-order chi connectivity index (χ1) is 10.4. The number of nitrogens with zero attached hydrogens (tertiary/aromatic N) is 1. The fourth-order valence-corrected chi connectivity index (χ4v) is 3.80. The molecule has 1 aliphatic carbocycles. The van der Waals surface area contributed by atoms with Crippen molar-refractivity contribution in [1.82, 2.24) is 10.4 Å². The van der Waals surface area contributed by atoms with Gasteiger partial charge < -0.3 is 4.90 Å². The number of carbonyl (C=O) groups is 2. The van der Waals surface area contributed by atoms with E-state index in [1.807, 2.05) is 11.0 Å². The number of benzene rings is 1. The largest absolute Gasteiger partial charge is 0.342 e. The third-order valence-electron chi connectivity index (χ3n) is 4.81. The normalized spacial score (nSPS) is 23.5. The Labute approximate surface area is 130 Å².